The highest BCUT2D eigenvalue weighted by molar-refractivity contribution is 6.52. The minimum Gasteiger partial charge on any atom is -0.298 e. The molecular formula is C12H11NO2. The minimum absolute atomic E-state index is 0.0327. The Morgan fingerprint density at radius 2 is 1.87 bits per heavy atom. The number of benzene rings is 1. The molecule has 1 aromatic rings. The molecule has 1 aromatic carbocycles. The Bertz CT molecular complexity index is 434. The SMILES string of the molecule is CC1C(=O)CC(=Nc2ccccc2)C1=O. The van der Waals surface area contributed by atoms with Gasteiger partial charge in [-0.15, -0.1) is 0 Å². The molecule has 1 atom stereocenters. The summed E-state index contributed by atoms with van der Waals surface area (Å²) in [6.07, 6.45) is 0.175. The summed E-state index contributed by atoms with van der Waals surface area (Å²) in [5, 5.41) is 0. The first-order valence-electron chi connectivity index (χ1n) is 4.88. The first kappa shape index (κ1) is 9.77. The van der Waals surface area contributed by atoms with E-state index in [2.05, 4.69) is 4.99 Å². The van der Waals surface area contributed by atoms with E-state index in [0.29, 0.717) is 5.71 Å². The van der Waals surface area contributed by atoms with Gasteiger partial charge in [-0.1, -0.05) is 18.2 Å². The third kappa shape index (κ3) is 1.86. The molecule has 0 aromatic heterocycles. The van der Waals surface area contributed by atoms with Gasteiger partial charge in [-0.25, -0.2) is 4.99 Å². The van der Waals surface area contributed by atoms with Gasteiger partial charge in [0.2, 0.25) is 0 Å². The molecule has 0 saturated heterocycles. The Labute approximate surface area is 87.8 Å². The molecule has 76 valence electrons. The van der Waals surface area contributed by atoms with E-state index >= 15 is 0 Å². The summed E-state index contributed by atoms with van der Waals surface area (Å²) < 4.78 is 0. The number of hydrogen-bond donors (Lipinski definition) is 0. The van der Waals surface area contributed by atoms with E-state index in [1.165, 1.54) is 0 Å². The van der Waals surface area contributed by atoms with Crippen molar-refractivity contribution in [1.29, 1.82) is 0 Å². The van der Waals surface area contributed by atoms with Gasteiger partial charge < -0.3 is 0 Å². The first-order valence-corrected chi connectivity index (χ1v) is 4.88. The largest absolute Gasteiger partial charge is 0.298 e. The second-order valence-corrected chi connectivity index (χ2v) is 3.62. The molecule has 1 saturated carbocycles. The summed E-state index contributed by atoms with van der Waals surface area (Å²) in [7, 11) is 0. The molecule has 0 spiro atoms. The molecule has 0 bridgehead atoms. The standard InChI is InChI=1S/C12H11NO2/c1-8-11(14)7-10(12(8)15)13-9-5-3-2-4-6-9/h2-6,8H,7H2,1H3. The van der Waals surface area contributed by atoms with Crippen LogP contribution in [-0.4, -0.2) is 17.3 Å². The molecule has 15 heavy (non-hydrogen) atoms. The third-order valence-corrected chi connectivity index (χ3v) is 2.52. The van der Waals surface area contributed by atoms with E-state index in [-0.39, 0.29) is 18.0 Å². The Morgan fingerprint density at radius 3 is 2.40 bits per heavy atom. The van der Waals surface area contributed by atoms with Gasteiger partial charge in [-0.05, 0) is 19.1 Å². The summed E-state index contributed by atoms with van der Waals surface area (Å²) in [6, 6.07) is 9.21. The predicted molar refractivity (Wildman–Crippen MR) is 57.3 cm³/mol. The normalized spacial score (nSPS) is 23.8. The van der Waals surface area contributed by atoms with Crippen molar-refractivity contribution in [3.63, 3.8) is 0 Å². The van der Waals surface area contributed by atoms with Crippen molar-refractivity contribution >= 4 is 23.0 Å². The Balaban J connectivity index is 2.30. The molecule has 1 unspecified atom stereocenters. The molecule has 0 heterocycles. The lowest BCUT2D eigenvalue weighted by Gasteiger charge is -1.95. The molecule has 1 aliphatic carbocycles. The van der Waals surface area contributed by atoms with Crippen LogP contribution in [0.2, 0.25) is 0 Å². The lowest BCUT2D eigenvalue weighted by atomic mass is 10.1. The van der Waals surface area contributed by atoms with Crippen molar-refractivity contribution in [2.45, 2.75) is 13.3 Å². The zero-order chi connectivity index (χ0) is 10.8. The average Bonchev–Trinajstić information content (AvgIpc) is 2.48. The fourth-order valence-electron chi connectivity index (χ4n) is 1.55. The highest BCUT2D eigenvalue weighted by Crippen LogP contribution is 2.19. The van der Waals surface area contributed by atoms with E-state index in [4.69, 9.17) is 0 Å². The number of ketones is 2. The van der Waals surface area contributed by atoms with Gasteiger partial charge >= 0.3 is 0 Å². The Hall–Kier alpha value is -1.77. The monoisotopic (exact) mass is 201 g/mol. The number of para-hydroxylation sites is 1. The molecule has 1 fully saturated rings. The number of carbonyl (C=O) groups is 2. The van der Waals surface area contributed by atoms with Crippen LogP contribution >= 0.6 is 0 Å². The Kier molecular flexibility index (Phi) is 2.46. The number of Topliss-reactive ketones (excluding diaryl/α,β-unsaturated/α-hetero) is 2. The third-order valence-electron chi connectivity index (χ3n) is 2.52. The molecule has 1 aliphatic rings. The highest BCUT2D eigenvalue weighted by Gasteiger charge is 2.34. The van der Waals surface area contributed by atoms with Gasteiger partial charge in [-0.2, -0.15) is 0 Å². The van der Waals surface area contributed by atoms with E-state index in [0.717, 1.165) is 5.69 Å². The van der Waals surface area contributed by atoms with Crippen LogP contribution in [0.25, 0.3) is 0 Å². The summed E-state index contributed by atoms with van der Waals surface area (Å²) >= 11 is 0. The first-order chi connectivity index (χ1) is 7.18. The fraction of sp³-hybridized carbons (Fsp3) is 0.250. The van der Waals surface area contributed by atoms with Crippen molar-refractivity contribution in [3.8, 4) is 0 Å². The topological polar surface area (TPSA) is 46.5 Å². The molecule has 0 radical (unpaired) electrons. The van der Waals surface area contributed by atoms with Gasteiger partial charge in [0.15, 0.2) is 5.78 Å². The van der Waals surface area contributed by atoms with Crippen molar-refractivity contribution in [1.82, 2.24) is 0 Å². The molecule has 0 amide bonds. The number of aliphatic imine (C=N–C) groups is 1. The van der Waals surface area contributed by atoms with E-state index < -0.39 is 5.92 Å². The van der Waals surface area contributed by atoms with Gasteiger partial charge in [-0.3, -0.25) is 9.59 Å². The van der Waals surface area contributed by atoms with Crippen LogP contribution < -0.4 is 0 Å². The van der Waals surface area contributed by atoms with Gasteiger partial charge in [0.25, 0.3) is 0 Å². The predicted octanol–water partition coefficient (Wildman–Crippen LogP) is 1.94. The second-order valence-electron chi connectivity index (χ2n) is 3.62. The molecule has 0 aliphatic heterocycles. The maximum absolute atomic E-state index is 11.6. The molecular weight excluding hydrogens is 190 g/mol. The quantitative estimate of drug-likeness (QED) is 0.652. The van der Waals surface area contributed by atoms with Crippen LogP contribution in [0.3, 0.4) is 0 Å². The van der Waals surface area contributed by atoms with E-state index in [9.17, 15) is 9.59 Å². The van der Waals surface area contributed by atoms with Crippen molar-refractivity contribution < 1.29 is 9.59 Å². The fourth-order valence-corrected chi connectivity index (χ4v) is 1.55. The number of carbonyl (C=O) groups excluding carboxylic acids is 2. The number of rotatable bonds is 1. The van der Waals surface area contributed by atoms with E-state index in [1.54, 1.807) is 6.92 Å². The van der Waals surface area contributed by atoms with Crippen molar-refractivity contribution in [2.75, 3.05) is 0 Å². The van der Waals surface area contributed by atoms with Crippen LogP contribution in [0, 0.1) is 5.92 Å². The zero-order valence-corrected chi connectivity index (χ0v) is 8.43. The summed E-state index contributed by atoms with van der Waals surface area (Å²) in [5.41, 5.74) is 1.11. The molecule has 2 rings (SSSR count). The highest BCUT2D eigenvalue weighted by atomic mass is 16.2. The van der Waals surface area contributed by atoms with Crippen LogP contribution in [0.4, 0.5) is 5.69 Å². The number of nitrogens with zero attached hydrogens (tertiary/aromatic N) is 1. The van der Waals surface area contributed by atoms with Crippen LogP contribution in [-0.2, 0) is 9.59 Å². The maximum atomic E-state index is 11.6. The van der Waals surface area contributed by atoms with Gasteiger partial charge in [0, 0.05) is 0 Å². The summed E-state index contributed by atoms with van der Waals surface area (Å²) in [5.74, 6) is -0.675. The maximum Gasteiger partial charge on any atom is 0.187 e. The zero-order valence-electron chi connectivity index (χ0n) is 8.43. The summed E-state index contributed by atoms with van der Waals surface area (Å²) in [4.78, 5) is 27.0. The van der Waals surface area contributed by atoms with Crippen molar-refractivity contribution in [2.24, 2.45) is 10.9 Å². The lowest BCUT2D eigenvalue weighted by molar-refractivity contribution is -0.125. The van der Waals surface area contributed by atoms with Crippen molar-refractivity contribution in [3.05, 3.63) is 30.3 Å². The molecule has 0 N–H and O–H groups in total. The number of hydrogen-bond acceptors (Lipinski definition) is 3. The van der Waals surface area contributed by atoms with Gasteiger partial charge in [0.05, 0.1) is 23.7 Å². The Morgan fingerprint density at radius 1 is 1.20 bits per heavy atom. The van der Waals surface area contributed by atoms with Crippen LogP contribution in [0.5, 0.6) is 0 Å². The average molecular weight is 201 g/mol. The second kappa shape index (κ2) is 3.77. The van der Waals surface area contributed by atoms with E-state index in [1.807, 2.05) is 30.3 Å². The minimum atomic E-state index is -0.507. The van der Waals surface area contributed by atoms with Gasteiger partial charge in [0.1, 0.15) is 5.78 Å². The lowest BCUT2D eigenvalue weighted by Crippen LogP contribution is -2.12. The van der Waals surface area contributed by atoms with Crippen LogP contribution in [0.15, 0.2) is 35.3 Å². The smallest absolute Gasteiger partial charge is 0.187 e. The molecule has 3 nitrogen and oxygen atoms in total. The summed E-state index contributed by atoms with van der Waals surface area (Å²) in [6.45, 7) is 1.64. The van der Waals surface area contributed by atoms with Crippen LogP contribution in [0.1, 0.15) is 13.3 Å². The molecule has 3 heteroatoms.